The fourth-order valence-corrected chi connectivity index (χ4v) is 3.42. The highest BCUT2D eigenvalue weighted by Gasteiger charge is 2.21. The van der Waals surface area contributed by atoms with E-state index in [0.717, 1.165) is 5.56 Å². The topological polar surface area (TPSA) is 119 Å². The van der Waals surface area contributed by atoms with E-state index in [0.29, 0.717) is 16.9 Å². The zero-order valence-electron chi connectivity index (χ0n) is 15.4. The van der Waals surface area contributed by atoms with Crippen LogP contribution in [0.1, 0.15) is 15.9 Å². The van der Waals surface area contributed by atoms with Crippen LogP contribution in [0.25, 0.3) is 0 Å². The highest BCUT2D eigenvalue weighted by atomic mass is 32.2. The van der Waals surface area contributed by atoms with Crippen molar-refractivity contribution in [2.24, 2.45) is 0 Å². The van der Waals surface area contributed by atoms with Crippen LogP contribution in [0.5, 0.6) is 0 Å². The van der Waals surface area contributed by atoms with Crippen LogP contribution < -0.4 is 10.6 Å². The number of amides is 2. The molecular weight excluding hydrogens is 384 g/mol. The quantitative estimate of drug-likeness (QED) is 0.679. The molecule has 0 unspecified atom stereocenters. The molecule has 0 aromatic heterocycles. The molecule has 0 aliphatic rings. The van der Waals surface area contributed by atoms with E-state index in [9.17, 15) is 22.8 Å². The van der Waals surface area contributed by atoms with Gasteiger partial charge in [-0.15, -0.1) is 0 Å². The van der Waals surface area contributed by atoms with Crippen LogP contribution in [0, 0.1) is 6.92 Å². The molecule has 0 radical (unpaired) electrons. The van der Waals surface area contributed by atoms with E-state index in [1.54, 1.807) is 18.2 Å². The zero-order chi connectivity index (χ0) is 20.7. The van der Waals surface area contributed by atoms with Crippen molar-refractivity contribution in [3.05, 3.63) is 59.7 Å². The van der Waals surface area contributed by atoms with Crippen molar-refractivity contribution in [3.8, 4) is 0 Å². The first-order valence-corrected chi connectivity index (χ1v) is 10.1. The Labute approximate surface area is 162 Å². The van der Waals surface area contributed by atoms with Gasteiger partial charge in [-0.3, -0.25) is 9.59 Å². The maximum Gasteiger partial charge on any atom is 0.337 e. The number of esters is 1. The molecule has 0 spiro atoms. The molecule has 0 aliphatic heterocycles. The smallest absolute Gasteiger partial charge is 0.337 e. The van der Waals surface area contributed by atoms with Crippen molar-refractivity contribution < 1.29 is 27.5 Å². The predicted octanol–water partition coefficient (Wildman–Crippen LogP) is 1.77. The third kappa shape index (κ3) is 6.51. The van der Waals surface area contributed by atoms with E-state index in [-0.39, 0.29) is 0 Å². The molecule has 0 saturated heterocycles. The fourth-order valence-electron chi connectivity index (χ4n) is 2.37. The van der Waals surface area contributed by atoms with E-state index in [1.807, 2.05) is 13.0 Å². The zero-order valence-corrected chi connectivity index (χ0v) is 16.2. The number of rotatable bonds is 7. The molecule has 0 atom stereocenters. The van der Waals surface area contributed by atoms with E-state index in [1.165, 1.54) is 31.4 Å². The SMILES string of the molecule is COC(=O)c1ccc(NC(=O)CS(=O)(=O)CC(=O)Nc2cccc(C)c2)cc1. The summed E-state index contributed by atoms with van der Waals surface area (Å²) in [5.74, 6) is -3.68. The highest BCUT2D eigenvalue weighted by Crippen LogP contribution is 2.12. The van der Waals surface area contributed by atoms with Crippen LogP contribution in [0.3, 0.4) is 0 Å². The maximum absolute atomic E-state index is 12.1. The van der Waals surface area contributed by atoms with Crippen molar-refractivity contribution >= 4 is 39.0 Å². The summed E-state index contributed by atoms with van der Waals surface area (Å²) in [4.78, 5) is 35.3. The van der Waals surface area contributed by atoms with Crippen LogP contribution >= 0.6 is 0 Å². The van der Waals surface area contributed by atoms with E-state index >= 15 is 0 Å². The summed E-state index contributed by atoms with van der Waals surface area (Å²) in [6.07, 6.45) is 0. The van der Waals surface area contributed by atoms with Gasteiger partial charge in [-0.1, -0.05) is 12.1 Å². The van der Waals surface area contributed by atoms with Crippen LogP contribution in [0.4, 0.5) is 11.4 Å². The largest absolute Gasteiger partial charge is 0.465 e. The Morgan fingerprint density at radius 3 is 2.00 bits per heavy atom. The highest BCUT2D eigenvalue weighted by molar-refractivity contribution is 7.92. The Kier molecular flexibility index (Phi) is 6.89. The Hall–Kier alpha value is -3.20. The van der Waals surface area contributed by atoms with Gasteiger partial charge in [0.25, 0.3) is 0 Å². The molecule has 28 heavy (non-hydrogen) atoms. The van der Waals surface area contributed by atoms with Gasteiger partial charge in [0.2, 0.25) is 11.8 Å². The molecule has 0 saturated carbocycles. The Bertz CT molecular complexity index is 984. The minimum atomic E-state index is -3.95. The number of carbonyl (C=O) groups is 3. The molecule has 2 aromatic rings. The number of nitrogens with one attached hydrogen (secondary N) is 2. The molecule has 0 bridgehead atoms. The van der Waals surface area contributed by atoms with Crippen LogP contribution in [0.15, 0.2) is 48.5 Å². The first-order valence-electron chi connectivity index (χ1n) is 8.24. The number of carbonyl (C=O) groups excluding carboxylic acids is 3. The number of anilines is 2. The summed E-state index contributed by atoms with van der Waals surface area (Å²) in [6, 6.07) is 12.7. The number of hydrogen-bond acceptors (Lipinski definition) is 6. The fraction of sp³-hybridized carbons (Fsp3) is 0.211. The minimum Gasteiger partial charge on any atom is -0.465 e. The molecular formula is C19H20N2O6S. The van der Waals surface area contributed by atoms with Crippen molar-refractivity contribution in [1.29, 1.82) is 0 Å². The standard InChI is InChI=1S/C19H20N2O6S/c1-13-4-3-5-16(10-13)21-18(23)12-28(25,26)11-17(22)20-15-8-6-14(7-9-15)19(24)27-2/h3-10H,11-12H2,1-2H3,(H,20,22)(H,21,23). The Balaban J connectivity index is 1.91. The van der Waals surface area contributed by atoms with E-state index < -0.39 is 39.1 Å². The average Bonchev–Trinajstić information content (AvgIpc) is 2.60. The molecule has 2 amide bonds. The van der Waals surface area contributed by atoms with Crippen LogP contribution in [0.2, 0.25) is 0 Å². The molecule has 2 N–H and O–H groups in total. The lowest BCUT2D eigenvalue weighted by Gasteiger charge is -2.08. The lowest BCUT2D eigenvalue weighted by atomic mass is 10.2. The average molecular weight is 404 g/mol. The molecule has 9 heteroatoms. The maximum atomic E-state index is 12.1. The Morgan fingerprint density at radius 1 is 0.893 bits per heavy atom. The number of aryl methyl sites for hydroxylation is 1. The van der Waals surface area contributed by atoms with Crippen molar-refractivity contribution in [2.45, 2.75) is 6.92 Å². The van der Waals surface area contributed by atoms with Gasteiger partial charge in [0, 0.05) is 11.4 Å². The van der Waals surface area contributed by atoms with Gasteiger partial charge in [0.1, 0.15) is 11.5 Å². The number of sulfone groups is 1. The first kappa shape index (κ1) is 21.1. The van der Waals surface area contributed by atoms with Crippen molar-refractivity contribution in [2.75, 3.05) is 29.2 Å². The molecule has 0 fully saturated rings. The van der Waals surface area contributed by atoms with Gasteiger partial charge < -0.3 is 15.4 Å². The number of hydrogen-bond donors (Lipinski definition) is 2. The third-order valence-electron chi connectivity index (χ3n) is 3.59. The second kappa shape index (κ2) is 9.14. The van der Waals surface area contributed by atoms with Gasteiger partial charge >= 0.3 is 5.97 Å². The summed E-state index contributed by atoms with van der Waals surface area (Å²) < 4.78 is 28.8. The van der Waals surface area contributed by atoms with E-state index in [4.69, 9.17) is 0 Å². The normalized spacial score (nSPS) is 10.8. The van der Waals surface area contributed by atoms with Gasteiger partial charge in [0.05, 0.1) is 12.7 Å². The summed E-state index contributed by atoms with van der Waals surface area (Å²) in [7, 11) is -2.71. The summed E-state index contributed by atoms with van der Waals surface area (Å²) in [5.41, 5.74) is 2.01. The second-order valence-electron chi connectivity index (χ2n) is 6.07. The van der Waals surface area contributed by atoms with Gasteiger partial charge in [-0.05, 0) is 48.9 Å². The minimum absolute atomic E-state index is 0.293. The summed E-state index contributed by atoms with van der Waals surface area (Å²) >= 11 is 0. The lowest BCUT2D eigenvalue weighted by Crippen LogP contribution is -2.30. The first-order chi connectivity index (χ1) is 13.2. The van der Waals surface area contributed by atoms with Gasteiger partial charge in [-0.25, -0.2) is 13.2 Å². The second-order valence-corrected chi connectivity index (χ2v) is 8.13. The molecule has 0 aliphatic carbocycles. The molecule has 2 rings (SSSR count). The van der Waals surface area contributed by atoms with Crippen molar-refractivity contribution in [3.63, 3.8) is 0 Å². The Morgan fingerprint density at radius 2 is 1.46 bits per heavy atom. The number of benzene rings is 2. The summed E-state index contributed by atoms with van der Waals surface area (Å²) in [6.45, 7) is 1.84. The molecule has 2 aromatic carbocycles. The summed E-state index contributed by atoms with van der Waals surface area (Å²) in [5, 5.41) is 4.90. The molecule has 148 valence electrons. The van der Waals surface area contributed by atoms with Crippen molar-refractivity contribution in [1.82, 2.24) is 0 Å². The van der Waals surface area contributed by atoms with Crippen LogP contribution in [-0.4, -0.2) is 44.8 Å². The predicted molar refractivity (Wildman–Crippen MR) is 105 cm³/mol. The third-order valence-corrected chi connectivity index (χ3v) is 5.00. The van der Waals surface area contributed by atoms with E-state index in [2.05, 4.69) is 15.4 Å². The molecule has 0 heterocycles. The number of ether oxygens (including phenoxy) is 1. The van der Waals surface area contributed by atoms with Crippen LogP contribution in [-0.2, 0) is 24.2 Å². The monoisotopic (exact) mass is 404 g/mol. The van der Waals surface area contributed by atoms with Gasteiger partial charge in [-0.2, -0.15) is 0 Å². The lowest BCUT2D eigenvalue weighted by molar-refractivity contribution is -0.114. The molecule has 8 nitrogen and oxygen atoms in total. The van der Waals surface area contributed by atoms with Gasteiger partial charge in [0.15, 0.2) is 9.84 Å². The number of methoxy groups -OCH3 is 1.